The molecule has 1 saturated heterocycles. The Balaban J connectivity index is 1.87. The standard InChI is InChI=1S/C17H22FN5O2/c1-10(2)20-17-11(3)16(22(4)21-17)14-5-15(13(18)6-19-14)25-12-7-23(8-12)9-24/h5-6,9-10,12H,7-8H2,1-4H3,(H,20,21). The first-order chi connectivity index (χ1) is 11.9. The number of ether oxygens (including phenoxy) is 1. The van der Waals surface area contributed by atoms with E-state index in [1.165, 1.54) is 0 Å². The van der Waals surface area contributed by atoms with Gasteiger partial charge >= 0.3 is 0 Å². The van der Waals surface area contributed by atoms with Crippen LogP contribution in [0.4, 0.5) is 10.2 Å². The number of likely N-dealkylation sites (tertiary alicyclic amines) is 1. The number of nitrogens with one attached hydrogen (secondary N) is 1. The summed E-state index contributed by atoms with van der Waals surface area (Å²) in [6.07, 6.45) is 1.72. The van der Waals surface area contributed by atoms with Crippen LogP contribution in [0.5, 0.6) is 5.75 Å². The van der Waals surface area contributed by atoms with Gasteiger partial charge in [-0.3, -0.25) is 14.5 Å². The normalized spacial score (nSPS) is 14.6. The lowest BCUT2D eigenvalue weighted by Crippen LogP contribution is -2.52. The number of aryl methyl sites for hydroxylation is 1. The van der Waals surface area contributed by atoms with E-state index in [0.717, 1.165) is 29.7 Å². The number of anilines is 1. The highest BCUT2D eigenvalue weighted by atomic mass is 19.1. The molecule has 1 amide bonds. The van der Waals surface area contributed by atoms with Crippen molar-refractivity contribution in [2.45, 2.75) is 32.9 Å². The number of amides is 1. The smallest absolute Gasteiger partial charge is 0.209 e. The van der Waals surface area contributed by atoms with E-state index in [1.807, 2.05) is 27.8 Å². The van der Waals surface area contributed by atoms with Gasteiger partial charge in [0, 0.05) is 24.7 Å². The van der Waals surface area contributed by atoms with E-state index in [1.54, 1.807) is 15.6 Å². The Kier molecular flexibility index (Phi) is 4.61. The van der Waals surface area contributed by atoms with Crippen LogP contribution in [0.2, 0.25) is 0 Å². The summed E-state index contributed by atoms with van der Waals surface area (Å²) in [6.45, 7) is 6.96. The molecule has 0 aliphatic carbocycles. The number of carbonyl (C=O) groups excluding carboxylic acids is 1. The molecule has 0 bridgehead atoms. The van der Waals surface area contributed by atoms with Crippen molar-refractivity contribution in [3.05, 3.63) is 23.6 Å². The topological polar surface area (TPSA) is 72.3 Å². The molecule has 0 unspecified atom stereocenters. The fourth-order valence-electron chi connectivity index (χ4n) is 2.85. The fourth-order valence-corrected chi connectivity index (χ4v) is 2.85. The second-order valence-electron chi connectivity index (χ2n) is 6.54. The van der Waals surface area contributed by atoms with Crippen molar-refractivity contribution in [2.75, 3.05) is 18.4 Å². The zero-order valence-electron chi connectivity index (χ0n) is 14.8. The molecule has 0 aromatic carbocycles. The average Bonchev–Trinajstić information content (AvgIpc) is 2.78. The molecule has 0 radical (unpaired) electrons. The predicted octanol–water partition coefficient (Wildman–Crippen LogP) is 1.97. The summed E-state index contributed by atoms with van der Waals surface area (Å²) in [7, 11) is 1.83. The van der Waals surface area contributed by atoms with Gasteiger partial charge in [-0.1, -0.05) is 0 Å². The Labute approximate surface area is 145 Å². The van der Waals surface area contributed by atoms with Crippen molar-refractivity contribution in [3.8, 4) is 17.1 Å². The minimum Gasteiger partial charge on any atom is -0.484 e. The molecule has 2 aromatic heterocycles. The van der Waals surface area contributed by atoms with Crippen LogP contribution in [0.3, 0.4) is 0 Å². The molecule has 7 nitrogen and oxygen atoms in total. The van der Waals surface area contributed by atoms with Gasteiger partial charge < -0.3 is 15.0 Å². The van der Waals surface area contributed by atoms with Crippen LogP contribution in [-0.4, -0.2) is 51.3 Å². The minimum atomic E-state index is -0.520. The predicted molar refractivity (Wildman–Crippen MR) is 91.9 cm³/mol. The lowest BCUT2D eigenvalue weighted by atomic mass is 10.1. The lowest BCUT2D eigenvalue weighted by Gasteiger charge is -2.36. The summed E-state index contributed by atoms with van der Waals surface area (Å²) in [5, 5.41) is 7.76. The summed E-state index contributed by atoms with van der Waals surface area (Å²) < 4.78 is 21.4. The first-order valence-electron chi connectivity index (χ1n) is 8.21. The Morgan fingerprint density at radius 3 is 2.80 bits per heavy atom. The van der Waals surface area contributed by atoms with Gasteiger partial charge in [-0.05, 0) is 20.8 Å². The summed E-state index contributed by atoms with van der Waals surface area (Å²) >= 11 is 0. The van der Waals surface area contributed by atoms with E-state index >= 15 is 0 Å². The van der Waals surface area contributed by atoms with Crippen LogP contribution in [0.15, 0.2) is 12.3 Å². The number of rotatable bonds is 6. The van der Waals surface area contributed by atoms with Crippen LogP contribution >= 0.6 is 0 Å². The first kappa shape index (κ1) is 17.2. The van der Waals surface area contributed by atoms with E-state index in [2.05, 4.69) is 15.4 Å². The number of halogens is 1. The molecule has 0 saturated carbocycles. The fraction of sp³-hybridized carbons (Fsp3) is 0.471. The molecular weight excluding hydrogens is 325 g/mol. The zero-order chi connectivity index (χ0) is 18.1. The van der Waals surface area contributed by atoms with Gasteiger partial charge in [0.15, 0.2) is 17.4 Å². The Morgan fingerprint density at radius 2 is 2.16 bits per heavy atom. The highest BCUT2D eigenvalue weighted by molar-refractivity contribution is 5.67. The van der Waals surface area contributed by atoms with Gasteiger partial charge in [-0.25, -0.2) is 4.39 Å². The number of hydrogen-bond donors (Lipinski definition) is 1. The molecule has 8 heteroatoms. The molecule has 25 heavy (non-hydrogen) atoms. The minimum absolute atomic E-state index is 0.138. The largest absolute Gasteiger partial charge is 0.484 e. The number of nitrogens with zero attached hydrogens (tertiary/aromatic N) is 4. The van der Waals surface area contributed by atoms with Crippen LogP contribution in [0.1, 0.15) is 19.4 Å². The third-order valence-electron chi connectivity index (χ3n) is 4.09. The van der Waals surface area contributed by atoms with Crippen molar-refractivity contribution in [1.29, 1.82) is 0 Å². The van der Waals surface area contributed by atoms with E-state index in [-0.39, 0.29) is 17.9 Å². The zero-order valence-corrected chi connectivity index (χ0v) is 14.8. The molecule has 1 N–H and O–H groups in total. The van der Waals surface area contributed by atoms with E-state index < -0.39 is 5.82 Å². The third kappa shape index (κ3) is 3.42. The van der Waals surface area contributed by atoms with Gasteiger partial charge in [0.25, 0.3) is 0 Å². The maximum atomic E-state index is 14.1. The van der Waals surface area contributed by atoms with Gasteiger partial charge in [-0.15, -0.1) is 0 Å². The van der Waals surface area contributed by atoms with Crippen molar-refractivity contribution in [3.63, 3.8) is 0 Å². The highest BCUT2D eigenvalue weighted by Crippen LogP contribution is 2.31. The highest BCUT2D eigenvalue weighted by Gasteiger charge is 2.28. The second-order valence-corrected chi connectivity index (χ2v) is 6.54. The maximum Gasteiger partial charge on any atom is 0.209 e. The Hall–Kier alpha value is -2.64. The monoisotopic (exact) mass is 347 g/mol. The summed E-state index contributed by atoms with van der Waals surface area (Å²) in [5.41, 5.74) is 2.33. The summed E-state index contributed by atoms with van der Waals surface area (Å²) in [4.78, 5) is 16.4. The third-order valence-corrected chi connectivity index (χ3v) is 4.09. The van der Waals surface area contributed by atoms with E-state index in [0.29, 0.717) is 18.8 Å². The van der Waals surface area contributed by atoms with Gasteiger partial charge in [-0.2, -0.15) is 5.10 Å². The molecule has 1 aliphatic rings. The molecular formula is C17H22FN5O2. The maximum absolute atomic E-state index is 14.1. The number of carbonyl (C=O) groups is 1. The van der Waals surface area contributed by atoms with Gasteiger partial charge in [0.05, 0.1) is 30.7 Å². The molecule has 3 rings (SSSR count). The van der Waals surface area contributed by atoms with Crippen molar-refractivity contribution in [2.24, 2.45) is 7.05 Å². The van der Waals surface area contributed by atoms with Gasteiger partial charge in [0.1, 0.15) is 6.10 Å². The average molecular weight is 347 g/mol. The molecule has 0 atom stereocenters. The SMILES string of the molecule is Cc1c(NC(C)C)nn(C)c1-c1cc(OC2CN(C=O)C2)c(F)cn1. The second kappa shape index (κ2) is 6.70. The molecule has 1 fully saturated rings. The van der Waals surface area contributed by atoms with Crippen molar-refractivity contribution in [1.82, 2.24) is 19.7 Å². The number of hydrogen-bond acceptors (Lipinski definition) is 5. The van der Waals surface area contributed by atoms with Crippen molar-refractivity contribution < 1.29 is 13.9 Å². The molecule has 3 heterocycles. The summed E-state index contributed by atoms with van der Waals surface area (Å²) in [6, 6.07) is 1.84. The lowest BCUT2D eigenvalue weighted by molar-refractivity contribution is -0.126. The van der Waals surface area contributed by atoms with Crippen LogP contribution in [0.25, 0.3) is 11.4 Å². The van der Waals surface area contributed by atoms with Crippen LogP contribution < -0.4 is 10.1 Å². The summed E-state index contributed by atoms with van der Waals surface area (Å²) in [5.74, 6) is 0.398. The van der Waals surface area contributed by atoms with Gasteiger partial charge in [0.2, 0.25) is 6.41 Å². The van der Waals surface area contributed by atoms with E-state index in [9.17, 15) is 9.18 Å². The quantitative estimate of drug-likeness (QED) is 0.809. The van der Waals surface area contributed by atoms with Crippen LogP contribution in [0, 0.1) is 12.7 Å². The number of aromatic nitrogens is 3. The Bertz CT molecular complexity index is 784. The first-order valence-corrected chi connectivity index (χ1v) is 8.21. The molecule has 1 aliphatic heterocycles. The molecule has 0 spiro atoms. The van der Waals surface area contributed by atoms with E-state index in [4.69, 9.17) is 4.74 Å². The molecule has 2 aromatic rings. The number of pyridine rings is 1. The molecule has 134 valence electrons. The van der Waals surface area contributed by atoms with Crippen molar-refractivity contribution >= 4 is 12.2 Å². The Morgan fingerprint density at radius 1 is 1.44 bits per heavy atom. The van der Waals surface area contributed by atoms with Crippen LogP contribution in [-0.2, 0) is 11.8 Å².